The SMILES string of the molecule is Cc1ccc(CN2CCC(CNC(=O)Nc3ccc(C)c(C)c3)CC2)cc1. The van der Waals surface area contributed by atoms with Crippen molar-refractivity contribution in [2.24, 2.45) is 5.92 Å². The number of hydrogen-bond acceptors (Lipinski definition) is 2. The molecular formula is C23H31N3O. The molecule has 0 unspecified atom stereocenters. The predicted molar refractivity (Wildman–Crippen MR) is 112 cm³/mol. The Labute approximate surface area is 163 Å². The van der Waals surface area contributed by atoms with Crippen LogP contribution in [0.5, 0.6) is 0 Å². The fourth-order valence-corrected chi connectivity index (χ4v) is 3.53. The molecule has 0 radical (unpaired) electrons. The Hall–Kier alpha value is -2.33. The summed E-state index contributed by atoms with van der Waals surface area (Å²) in [7, 11) is 0. The molecule has 4 heteroatoms. The van der Waals surface area contributed by atoms with E-state index in [1.165, 1.54) is 22.3 Å². The lowest BCUT2D eigenvalue weighted by atomic mass is 9.96. The van der Waals surface area contributed by atoms with E-state index in [1.54, 1.807) is 0 Å². The quantitative estimate of drug-likeness (QED) is 0.810. The molecule has 1 heterocycles. The number of carbonyl (C=O) groups is 1. The van der Waals surface area contributed by atoms with Gasteiger partial charge in [0, 0.05) is 18.8 Å². The lowest BCUT2D eigenvalue weighted by Gasteiger charge is -2.32. The second-order valence-corrected chi connectivity index (χ2v) is 7.84. The molecule has 27 heavy (non-hydrogen) atoms. The summed E-state index contributed by atoms with van der Waals surface area (Å²) in [5.41, 5.74) is 5.96. The fraction of sp³-hybridized carbons (Fsp3) is 0.435. The van der Waals surface area contributed by atoms with Crippen molar-refractivity contribution in [3.05, 3.63) is 64.7 Å². The first-order chi connectivity index (χ1) is 13.0. The Morgan fingerprint density at radius 1 is 1.00 bits per heavy atom. The topological polar surface area (TPSA) is 44.4 Å². The zero-order chi connectivity index (χ0) is 19.2. The van der Waals surface area contributed by atoms with E-state index in [1.807, 2.05) is 18.2 Å². The number of carbonyl (C=O) groups excluding carboxylic acids is 1. The van der Waals surface area contributed by atoms with Crippen LogP contribution in [0.3, 0.4) is 0 Å². The summed E-state index contributed by atoms with van der Waals surface area (Å²) in [5.74, 6) is 0.560. The minimum absolute atomic E-state index is 0.111. The zero-order valence-corrected chi connectivity index (χ0v) is 16.7. The summed E-state index contributed by atoms with van der Waals surface area (Å²) in [4.78, 5) is 14.7. The lowest BCUT2D eigenvalue weighted by Crippen LogP contribution is -2.39. The Kier molecular flexibility index (Phi) is 6.51. The number of nitrogens with zero attached hydrogens (tertiary/aromatic N) is 1. The number of aryl methyl sites for hydroxylation is 3. The molecule has 1 fully saturated rings. The van der Waals surface area contributed by atoms with Crippen LogP contribution in [0.25, 0.3) is 0 Å². The number of rotatable bonds is 5. The Balaban J connectivity index is 1.38. The normalized spacial score (nSPS) is 15.5. The molecule has 144 valence electrons. The molecule has 2 amide bonds. The maximum Gasteiger partial charge on any atom is 0.319 e. The molecule has 0 spiro atoms. The van der Waals surface area contributed by atoms with Crippen molar-refractivity contribution in [2.45, 2.75) is 40.2 Å². The highest BCUT2D eigenvalue weighted by molar-refractivity contribution is 5.89. The summed E-state index contributed by atoms with van der Waals surface area (Å²) in [5, 5.41) is 5.97. The third kappa shape index (κ3) is 5.83. The van der Waals surface area contributed by atoms with E-state index >= 15 is 0 Å². The van der Waals surface area contributed by atoms with E-state index in [9.17, 15) is 4.79 Å². The second-order valence-electron chi connectivity index (χ2n) is 7.84. The van der Waals surface area contributed by atoms with E-state index in [-0.39, 0.29) is 6.03 Å². The Bertz CT molecular complexity index is 762. The number of hydrogen-bond donors (Lipinski definition) is 2. The van der Waals surface area contributed by atoms with E-state index in [4.69, 9.17) is 0 Å². The van der Waals surface area contributed by atoms with Gasteiger partial charge in [-0.3, -0.25) is 4.90 Å². The molecule has 2 N–H and O–H groups in total. The van der Waals surface area contributed by atoms with Crippen molar-refractivity contribution < 1.29 is 4.79 Å². The molecule has 0 atom stereocenters. The molecule has 0 aromatic heterocycles. The first kappa shape index (κ1) is 19.4. The number of piperidine rings is 1. The first-order valence-corrected chi connectivity index (χ1v) is 9.89. The van der Waals surface area contributed by atoms with Gasteiger partial charge < -0.3 is 10.6 Å². The smallest absolute Gasteiger partial charge is 0.319 e. The predicted octanol–water partition coefficient (Wildman–Crippen LogP) is 4.65. The third-order valence-corrected chi connectivity index (χ3v) is 5.55. The van der Waals surface area contributed by atoms with Gasteiger partial charge in [-0.1, -0.05) is 35.9 Å². The van der Waals surface area contributed by atoms with Crippen LogP contribution in [0.15, 0.2) is 42.5 Å². The highest BCUT2D eigenvalue weighted by Gasteiger charge is 2.19. The molecule has 3 rings (SSSR count). The highest BCUT2D eigenvalue weighted by Crippen LogP contribution is 2.19. The van der Waals surface area contributed by atoms with Gasteiger partial charge in [0.25, 0.3) is 0 Å². The highest BCUT2D eigenvalue weighted by atomic mass is 16.2. The van der Waals surface area contributed by atoms with Crippen LogP contribution < -0.4 is 10.6 Å². The van der Waals surface area contributed by atoms with Crippen LogP contribution in [0, 0.1) is 26.7 Å². The molecule has 0 aliphatic carbocycles. The standard InChI is InChI=1S/C23H31N3O/c1-17-4-7-21(8-5-17)16-26-12-10-20(11-13-26)15-24-23(27)25-22-9-6-18(2)19(3)14-22/h4-9,14,20H,10-13,15-16H2,1-3H3,(H2,24,25,27). The number of benzene rings is 2. The summed E-state index contributed by atoms with van der Waals surface area (Å²) >= 11 is 0. The van der Waals surface area contributed by atoms with Crippen LogP contribution >= 0.6 is 0 Å². The molecule has 2 aromatic rings. The van der Waals surface area contributed by atoms with Gasteiger partial charge in [0.1, 0.15) is 0 Å². The van der Waals surface area contributed by atoms with E-state index in [2.05, 4.69) is 60.6 Å². The molecule has 0 saturated carbocycles. The maximum absolute atomic E-state index is 12.2. The van der Waals surface area contributed by atoms with Crippen molar-refractivity contribution >= 4 is 11.7 Å². The van der Waals surface area contributed by atoms with E-state index < -0.39 is 0 Å². The summed E-state index contributed by atoms with van der Waals surface area (Å²) in [6.45, 7) is 10.2. The second kappa shape index (κ2) is 9.05. The molecule has 1 saturated heterocycles. The minimum Gasteiger partial charge on any atom is -0.338 e. The molecule has 4 nitrogen and oxygen atoms in total. The lowest BCUT2D eigenvalue weighted by molar-refractivity contribution is 0.175. The Morgan fingerprint density at radius 3 is 2.37 bits per heavy atom. The maximum atomic E-state index is 12.2. The van der Waals surface area contributed by atoms with Crippen molar-refractivity contribution in [3.8, 4) is 0 Å². The zero-order valence-electron chi connectivity index (χ0n) is 16.7. The molecule has 2 aromatic carbocycles. The van der Waals surface area contributed by atoms with Crippen molar-refractivity contribution in [2.75, 3.05) is 25.0 Å². The van der Waals surface area contributed by atoms with E-state index in [0.717, 1.165) is 44.7 Å². The Morgan fingerprint density at radius 2 is 1.70 bits per heavy atom. The molecule has 1 aliphatic rings. The monoisotopic (exact) mass is 365 g/mol. The van der Waals surface area contributed by atoms with Gasteiger partial charge in [0.15, 0.2) is 0 Å². The van der Waals surface area contributed by atoms with Crippen molar-refractivity contribution in [1.82, 2.24) is 10.2 Å². The van der Waals surface area contributed by atoms with Crippen LogP contribution in [-0.4, -0.2) is 30.6 Å². The number of nitrogens with one attached hydrogen (secondary N) is 2. The van der Waals surface area contributed by atoms with Crippen LogP contribution in [0.1, 0.15) is 35.1 Å². The summed E-state index contributed by atoms with van der Waals surface area (Å²) < 4.78 is 0. The van der Waals surface area contributed by atoms with Gasteiger partial charge in [-0.15, -0.1) is 0 Å². The molecule has 1 aliphatic heterocycles. The van der Waals surface area contributed by atoms with Crippen LogP contribution in [0.4, 0.5) is 10.5 Å². The average Bonchev–Trinajstić information content (AvgIpc) is 2.66. The van der Waals surface area contributed by atoms with Gasteiger partial charge in [0.2, 0.25) is 0 Å². The summed E-state index contributed by atoms with van der Waals surface area (Å²) in [6, 6.07) is 14.7. The first-order valence-electron chi connectivity index (χ1n) is 9.89. The fourth-order valence-electron chi connectivity index (χ4n) is 3.53. The van der Waals surface area contributed by atoms with E-state index in [0.29, 0.717) is 5.92 Å². The number of anilines is 1. The molecular weight excluding hydrogens is 334 g/mol. The largest absolute Gasteiger partial charge is 0.338 e. The van der Waals surface area contributed by atoms with Crippen LogP contribution in [-0.2, 0) is 6.54 Å². The van der Waals surface area contributed by atoms with Crippen LogP contribution in [0.2, 0.25) is 0 Å². The van der Waals surface area contributed by atoms with Gasteiger partial charge >= 0.3 is 6.03 Å². The van der Waals surface area contributed by atoms with Gasteiger partial charge in [-0.05, 0) is 81.4 Å². The minimum atomic E-state index is -0.111. The van der Waals surface area contributed by atoms with Crippen molar-refractivity contribution in [1.29, 1.82) is 0 Å². The van der Waals surface area contributed by atoms with Gasteiger partial charge in [0.05, 0.1) is 0 Å². The number of urea groups is 1. The van der Waals surface area contributed by atoms with Crippen molar-refractivity contribution in [3.63, 3.8) is 0 Å². The van der Waals surface area contributed by atoms with Gasteiger partial charge in [-0.2, -0.15) is 0 Å². The number of amides is 2. The third-order valence-electron chi connectivity index (χ3n) is 5.55. The number of likely N-dealkylation sites (tertiary alicyclic amines) is 1. The average molecular weight is 366 g/mol. The summed E-state index contributed by atoms with van der Waals surface area (Å²) in [6.07, 6.45) is 2.27. The van der Waals surface area contributed by atoms with Gasteiger partial charge in [-0.25, -0.2) is 4.79 Å². The molecule has 0 bridgehead atoms.